The number of halogens is 1. The molecule has 1 aliphatic rings. The van der Waals surface area contributed by atoms with Gasteiger partial charge >= 0.3 is 0 Å². The number of likely N-dealkylation sites (N-methyl/N-ethyl adjacent to an activating group) is 1. The van der Waals surface area contributed by atoms with Gasteiger partial charge in [-0.05, 0) is 44.8 Å². The Morgan fingerprint density at radius 1 is 1.20 bits per heavy atom. The van der Waals surface area contributed by atoms with Crippen LogP contribution in [-0.4, -0.2) is 60.9 Å². The molecule has 2 aromatic carbocycles. The molecule has 3 rings (SSSR count). The maximum Gasteiger partial charge on any atom is 0.295 e. The van der Waals surface area contributed by atoms with Crippen molar-refractivity contribution < 1.29 is 19.4 Å². The van der Waals surface area contributed by atoms with E-state index in [1.807, 2.05) is 50.2 Å². The lowest BCUT2D eigenvalue weighted by molar-refractivity contribution is -0.140. The quantitative estimate of drug-likeness (QED) is 0.432. The molecule has 1 fully saturated rings. The highest BCUT2D eigenvalue weighted by molar-refractivity contribution is 6.46. The number of likely N-dealkylation sites (tertiary alicyclic amines) is 1. The number of benzene rings is 2. The molecule has 1 aliphatic heterocycles. The van der Waals surface area contributed by atoms with E-state index in [2.05, 4.69) is 0 Å². The van der Waals surface area contributed by atoms with Crippen molar-refractivity contribution in [2.24, 2.45) is 0 Å². The Hall–Kier alpha value is -2.83. The normalized spacial score (nSPS) is 18.3. The van der Waals surface area contributed by atoms with Crippen molar-refractivity contribution >= 4 is 29.1 Å². The first-order valence-corrected chi connectivity index (χ1v) is 9.96. The van der Waals surface area contributed by atoms with Crippen LogP contribution >= 0.6 is 11.6 Å². The molecule has 0 bridgehead atoms. The molecule has 0 spiro atoms. The van der Waals surface area contributed by atoms with E-state index in [0.717, 1.165) is 11.1 Å². The molecule has 1 heterocycles. The van der Waals surface area contributed by atoms with Gasteiger partial charge in [-0.25, -0.2) is 0 Å². The van der Waals surface area contributed by atoms with Crippen molar-refractivity contribution in [2.45, 2.75) is 13.0 Å². The Labute approximate surface area is 181 Å². The molecule has 1 unspecified atom stereocenters. The maximum absolute atomic E-state index is 13.0. The summed E-state index contributed by atoms with van der Waals surface area (Å²) in [5, 5.41) is 11.6. The standard InChI is InChI=1S/C23H25ClN2O4/c1-14-6-5-7-15(12-14)20-19(22(28)23(29)26(20)11-10-25(2)3)21(27)17-13-16(24)8-9-18(17)30-4/h5-9,12-13,20,27H,10-11H2,1-4H3/b21-19+. The molecule has 1 amide bonds. The van der Waals surface area contributed by atoms with Gasteiger partial charge in [0.1, 0.15) is 11.5 Å². The topological polar surface area (TPSA) is 70.1 Å². The summed E-state index contributed by atoms with van der Waals surface area (Å²) in [7, 11) is 5.26. The predicted molar refractivity (Wildman–Crippen MR) is 117 cm³/mol. The monoisotopic (exact) mass is 428 g/mol. The first-order valence-electron chi connectivity index (χ1n) is 9.58. The van der Waals surface area contributed by atoms with Crippen molar-refractivity contribution in [1.82, 2.24) is 9.80 Å². The van der Waals surface area contributed by atoms with Crippen molar-refractivity contribution in [1.29, 1.82) is 0 Å². The molecule has 0 aromatic heterocycles. The van der Waals surface area contributed by atoms with Gasteiger partial charge in [-0.1, -0.05) is 41.4 Å². The molecule has 0 radical (unpaired) electrons. The number of Topliss-reactive ketones (excluding diaryl/α,β-unsaturated/α-hetero) is 1. The zero-order valence-electron chi connectivity index (χ0n) is 17.5. The summed E-state index contributed by atoms with van der Waals surface area (Å²) in [6, 6.07) is 11.7. The average Bonchev–Trinajstić information content (AvgIpc) is 2.96. The SMILES string of the molecule is COc1ccc(Cl)cc1/C(O)=C1\C(=O)C(=O)N(CCN(C)C)C1c1cccc(C)c1. The van der Waals surface area contributed by atoms with E-state index in [1.54, 1.807) is 12.1 Å². The number of aryl methyl sites for hydroxylation is 1. The highest BCUT2D eigenvalue weighted by atomic mass is 35.5. The third kappa shape index (κ3) is 4.20. The number of carbonyl (C=O) groups is 2. The van der Waals surface area contributed by atoms with E-state index in [-0.39, 0.29) is 16.9 Å². The van der Waals surface area contributed by atoms with Gasteiger partial charge in [-0.2, -0.15) is 0 Å². The summed E-state index contributed by atoms with van der Waals surface area (Å²) in [5.74, 6) is -1.29. The molecule has 158 valence electrons. The summed E-state index contributed by atoms with van der Waals surface area (Å²) < 4.78 is 5.34. The van der Waals surface area contributed by atoms with Gasteiger partial charge in [0.15, 0.2) is 0 Å². The predicted octanol–water partition coefficient (Wildman–Crippen LogP) is 3.64. The number of ketones is 1. The van der Waals surface area contributed by atoms with Crippen LogP contribution in [0.15, 0.2) is 48.0 Å². The van der Waals surface area contributed by atoms with Crippen LogP contribution in [0.4, 0.5) is 0 Å². The first-order chi connectivity index (χ1) is 14.2. The number of ether oxygens (including phenoxy) is 1. The minimum absolute atomic E-state index is 0.0323. The van der Waals surface area contributed by atoms with Crippen LogP contribution in [0.1, 0.15) is 22.7 Å². The number of hydrogen-bond acceptors (Lipinski definition) is 5. The van der Waals surface area contributed by atoms with Crippen LogP contribution in [0.2, 0.25) is 5.02 Å². The summed E-state index contributed by atoms with van der Waals surface area (Å²) >= 11 is 6.12. The van der Waals surface area contributed by atoms with Gasteiger partial charge in [0, 0.05) is 18.1 Å². The summed E-state index contributed by atoms with van der Waals surface area (Å²) in [6.45, 7) is 2.87. The maximum atomic E-state index is 13.0. The van der Waals surface area contributed by atoms with Crippen molar-refractivity contribution in [3.8, 4) is 5.75 Å². The van der Waals surface area contributed by atoms with Crippen LogP contribution in [0, 0.1) is 6.92 Å². The Morgan fingerprint density at radius 2 is 1.93 bits per heavy atom. The fraction of sp³-hybridized carbons (Fsp3) is 0.304. The molecule has 1 atom stereocenters. The lowest BCUT2D eigenvalue weighted by atomic mass is 9.94. The zero-order chi connectivity index (χ0) is 22.0. The van der Waals surface area contributed by atoms with E-state index in [0.29, 0.717) is 23.9 Å². The summed E-state index contributed by atoms with van der Waals surface area (Å²) in [5.41, 5.74) is 2.06. The number of aliphatic hydroxyl groups excluding tert-OH is 1. The minimum atomic E-state index is -0.722. The van der Waals surface area contributed by atoms with E-state index in [9.17, 15) is 14.7 Å². The second-order valence-corrected chi connectivity index (χ2v) is 7.99. The third-order valence-corrected chi connectivity index (χ3v) is 5.34. The fourth-order valence-electron chi connectivity index (χ4n) is 3.62. The average molecular weight is 429 g/mol. The van der Waals surface area contributed by atoms with Crippen molar-refractivity contribution in [2.75, 3.05) is 34.3 Å². The number of methoxy groups -OCH3 is 1. The number of aliphatic hydroxyl groups is 1. The van der Waals surface area contributed by atoms with E-state index >= 15 is 0 Å². The fourth-order valence-corrected chi connectivity index (χ4v) is 3.79. The van der Waals surface area contributed by atoms with Gasteiger partial charge in [0.2, 0.25) is 0 Å². The van der Waals surface area contributed by atoms with Crippen LogP contribution in [-0.2, 0) is 9.59 Å². The molecule has 0 aliphatic carbocycles. The molecule has 1 saturated heterocycles. The number of amides is 1. The third-order valence-electron chi connectivity index (χ3n) is 5.10. The number of hydrogen-bond donors (Lipinski definition) is 1. The van der Waals surface area contributed by atoms with Crippen LogP contribution in [0.3, 0.4) is 0 Å². The number of nitrogens with zero attached hydrogens (tertiary/aromatic N) is 2. The molecule has 1 N–H and O–H groups in total. The number of carbonyl (C=O) groups excluding carboxylic acids is 2. The van der Waals surface area contributed by atoms with Gasteiger partial charge < -0.3 is 19.6 Å². The first kappa shape index (κ1) is 21.9. The van der Waals surface area contributed by atoms with Crippen LogP contribution < -0.4 is 4.74 Å². The highest BCUT2D eigenvalue weighted by Crippen LogP contribution is 2.41. The molecule has 0 saturated carbocycles. The Balaban J connectivity index is 2.22. The second kappa shape index (κ2) is 8.90. The molecule has 2 aromatic rings. The van der Waals surface area contributed by atoms with Crippen molar-refractivity contribution in [3.05, 3.63) is 69.8 Å². The summed E-state index contributed by atoms with van der Waals surface area (Å²) in [4.78, 5) is 29.4. The van der Waals surface area contributed by atoms with Gasteiger partial charge in [-0.15, -0.1) is 0 Å². The smallest absolute Gasteiger partial charge is 0.295 e. The summed E-state index contributed by atoms with van der Waals surface area (Å²) in [6.07, 6.45) is 0. The van der Waals surface area contributed by atoms with E-state index < -0.39 is 17.7 Å². The zero-order valence-corrected chi connectivity index (χ0v) is 18.2. The van der Waals surface area contributed by atoms with Gasteiger partial charge in [0.25, 0.3) is 11.7 Å². The largest absolute Gasteiger partial charge is 0.507 e. The Bertz CT molecular complexity index is 1020. The van der Waals surface area contributed by atoms with E-state index in [4.69, 9.17) is 16.3 Å². The molecule has 6 nitrogen and oxygen atoms in total. The molecule has 30 heavy (non-hydrogen) atoms. The lowest BCUT2D eigenvalue weighted by Gasteiger charge is -2.27. The Morgan fingerprint density at radius 3 is 2.57 bits per heavy atom. The minimum Gasteiger partial charge on any atom is -0.507 e. The molecular formula is C23H25ClN2O4. The van der Waals surface area contributed by atoms with Gasteiger partial charge in [0.05, 0.1) is 24.3 Å². The van der Waals surface area contributed by atoms with Crippen LogP contribution in [0.25, 0.3) is 5.76 Å². The lowest BCUT2D eigenvalue weighted by Crippen LogP contribution is -2.35. The van der Waals surface area contributed by atoms with Crippen LogP contribution in [0.5, 0.6) is 5.75 Å². The number of rotatable bonds is 6. The highest BCUT2D eigenvalue weighted by Gasteiger charge is 2.46. The van der Waals surface area contributed by atoms with Gasteiger partial charge in [-0.3, -0.25) is 9.59 Å². The van der Waals surface area contributed by atoms with E-state index in [1.165, 1.54) is 18.1 Å². The molecular weight excluding hydrogens is 404 g/mol. The van der Waals surface area contributed by atoms with Crippen molar-refractivity contribution in [3.63, 3.8) is 0 Å². The second-order valence-electron chi connectivity index (χ2n) is 7.55. The Kier molecular flexibility index (Phi) is 6.48. The molecule has 7 heteroatoms.